The van der Waals surface area contributed by atoms with Gasteiger partial charge < -0.3 is 9.84 Å². The molecule has 1 N–H and O–H groups in total. The van der Waals surface area contributed by atoms with E-state index in [2.05, 4.69) is 4.90 Å². The summed E-state index contributed by atoms with van der Waals surface area (Å²) in [5.74, 6) is 0.0563. The normalized spacial score (nSPS) is 19.6. The third kappa shape index (κ3) is 5.37. The Labute approximate surface area is 142 Å². The molecular weight excluding hydrogens is 316 g/mol. The fraction of sp³-hybridized carbons (Fsp3) is 0.588. The Kier molecular flexibility index (Phi) is 6.69. The largest absolute Gasteiger partial charge is 0.496 e. The number of methoxy groups -OCH3 is 1. The van der Waals surface area contributed by atoms with Gasteiger partial charge in [-0.1, -0.05) is 17.7 Å². The van der Waals surface area contributed by atoms with Gasteiger partial charge in [-0.3, -0.25) is 14.6 Å². The number of halogens is 1. The minimum atomic E-state index is -0.764. The van der Waals surface area contributed by atoms with E-state index >= 15 is 0 Å². The molecule has 1 aliphatic rings. The number of likely N-dealkylation sites (tertiary alicyclic amines) is 1. The second kappa shape index (κ2) is 8.52. The van der Waals surface area contributed by atoms with Gasteiger partial charge in [0, 0.05) is 23.2 Å². The van der Waals surface area contributed by atoms with Gasteiger partial charge in [-0.2, -0.15) is 0 Å². The number of hydrogen-bond donors (Lipinski definition) is 1. The highest BCUT2D eigenvalue weighted by atomic mass is 35.5. The highest BCUT2D eigenvalue weighted by molar-refractivity contribution is 6.30. The summed E-state index contributed by atoms with van der Waals surface area (Å²) in [5.41, 5.74) is 1.13. The van der Waals surface area contributed by atoms with Gasteiger partial charge in [0.25, 0.3) is 0 Å². The number of carboxylic acid groups (broad SMARTS) is 1. The molecule has 0 amide bonds. The first-order chi connectivity index (χ1) is 11.0. The number of nitrogens with zero attached hydrogens (tertiary/aromatic N) is 2. The average Bonchev–Trinajstić information content (AvgIpc) is 2.74. The van der Waals surface area contributed by atoms with Crippen LogP contribution < -0.4 is 4.74 Å². The van der Waals surface area contributed by atoms with Crippen LogP contribution in [0.15, 0.2) is 18.2 Å². The maximum Gasteiger partial charge on any atom is 0.317 e. The molecule has 6 heteroatoms. The highest BCUT2D eigenvalue weighted by Gasteiger charge is 2.22. The van der Waals surface area contributed by atoms with Gasteiger partial charge >= 0.3 is 5.97 Å². The molecule has 5 nitrogen and oxygen atoms in total. The zero-order chi connectivity index (χ0) is 16.8. The number of hydrogen-bond acceptors (Lipinski definition) is 4. The minimum Gasteiger partial charge on any atom is -0.496 e. The SMILES string of the molecule is COc1cc(Cl)ccc1CN1CCCC(N(C)CC(=O)O)CC1. The van der Waals surface area contributed by atoms with Crippen molar-refractivity contribution in [2.24, 2.45) is 0 Å². The maximum atomic E-state index is 10.9. The van der Waals surface area contributed by atoms with Gasteiger partial charge in [0.15, 0.2) is 0 Å². The lowest BCUT2D eigenvalue weighted by Gasteiger charge is -2.25. The molecule has 1 fully saturated rings. The molecule has 0 aromatic heterocycles. The molecule has 1 aromatic carbocycles. The van der Waals surface area contributed by atoms with Crippen LogP contribution in [-0.2, 0) is 11.3 Å². The molecular formula is C17H25ClN2O3. The van der Waals surface area contributed by atoms with Crippen LogP contribution in [0, 0.1) is 0 Å². The summed E-state index contributed by atoms with van der Waals surface area (Å²) in [7, 11) is 3.56. The van der Waals surface area contributed by atoms with E-state index in [4.69, 9.17) is 21.4 Å². The van der Waals surface area contributed by atoms with Gasteiger partial charge in [0.05, 0.1) is 13.7 Å². The summed E-state index contributed by atoms with van der Waals surface area (Å²) in [6.07, 6.45) is 3.10. The Morgan fingerprint density at radius 1 is 1.43 bits per heavy atom. The number of carboxylic acids is 1. The van der Waals surface area contributed by atoms with Crippen molar-refractivity contribution in [3.63, 3.8) is 0 Å². The number of carbonyl (C=O) groups is 1. The zero-order valence-electron chi connectivity index (χ0n) is 13.8. The molecule has 0 saturated carbocycles. The lowest BCUT2D eigenvalue weighted by atomic mass is 10.1. The molecule has 1 aliphatic heterocycles. The number of ether oxygens (including phenoxy) is 1. The standard InChI is InChI=1S/C17H25ClN2O3/c1-19(12-17(21)22)15-4-3-8-20(9-7-15)11-13-5-6-14(18)10-16(13)23-2/h5-6,10,15H,3-4,7-9,11-12H2,1-2H3,(H,21,22). The molecule has 0 radical (unpaired) electrons. The first-order valence-electron chi connectivity index (χ1n) is 7.96. The minimum absolute atomic E-state index is 0.107. The lowest BCUT2D eigenvalue weighted by Crippen LogP contribution is -2.36. The molecule has 0 aliphatic carbocycles. The number of benzene rings is 1. The summed E-state index contributed by atoms with van der Waals surface area (Å²) in [6.45, 7) is 2.91. The lowest BCUT2D eigenvalue weighted by molar-refractivity contribution is -0.138. The predicted octanol–water partition coefficient (Wildman–Crippen LogP) is 2.72. The van der Waals surface area contributed by atoms with E-state index in [1.54, 1.807) is 7.11 Å². The van der Waals surface area contributed by atoms with Crippen LogP contribution in [0.25, 0.3) is 0 Å². The second-order valence-electron chi connectivity index (χ2n) is 6.13. The smallest absolute Gasteiger partial charge is 0.317 e. The summed E-state index contributed by atoms with van der Waals surface area (Å²) < 4.78 is 5.42. The Bertz CT molecular complexity index is 539. The van der Waals surface area contributed by atoms with Crippen molar-refractivity contribution < 1.29 is 14.6 Å². The van der Waals surface area contributed by atoms with Crippen molar-refractivity contribution in [3.8, 4) is 5.75 Å². The molecule has 1 heterocycles. The highest BCUT2D eigenvalue weighted by Crippen LogP contribution is 2.25. The van der Waals surface area contributed by atoms with Crippen molar-refractivity contribution in [1.82, 2.24) is 9.80 Å². The van der Waals surface area contributed by atoms with E-state index in [1.807, 2.05) is 30.1 Å². The average molecular weight is 341 g/mol. The van der Waals surface area contributed by atoms with Crippen molar-refractivity contribution in [2.45, 2.75) is 31.8 Å². The molecule has 1 atom stereocenters. The molecule has 1 saturated heterocycles. The van der Waals surface area contributed by atoms with Crippen LogP contribution >= 0.6 is 11.6 Å². The van der Waals surface area contributed by atoms with Crippen LogP contribution in [0.4, 0.5) is 0 Å². The monoisotopic (exact) mass is 340 g/mol. The number of aliphatic carboxylic acids is 1. The van der Waals surface area contributed by atoms with Gasteiger partial charge in [0.2, 0.25) is 0 Å². The van der Waals surface area contributed by atoms with E-state index in [0.29, 0.717) is 11.1 Å². The second-order valence-corrected chi connectivity index (χ2v) is 6.56. The van der Waals surface area contributed by atoms with Crippen molar-refractivity contribution in [3.05, 3.63) is 28.8 Å². The molecule has 2 rings (SSSR count). The zero-order valence-corrected chi connectivity index (χ0v) is 14.6. The first-order valence-corrected chi connectivity index (χ1v) is 8.34. The topological polar surface area (TPSA) is 53.0 Å². The number of likely N-dealkylation sites (N-methyl/N-ethyl adjacent to an activating group) is 1. The van der Waals surface area contributed by atoms with E-state index in [-0.39, 0.29) is 6.54 Å². The molecule has 23 heavy (non-hydrogen) atoms. The van der Waals surface area contributed by atoms with Crippen molar-refractivity contribution >= 4 is 17.6 Å². The molecule has 1 unspecified atom stereocenters. The Hall–Kier alpha value is -1.30. The molecule has 1 aromatic rings. The van der Waals surface area contributed by atoms with E-state index in [0.717, 1.165) is 50.2 Å². The molecule has 0 spiro atoms. The Balaban J connectivity index is 1.94. The van der Waals surface area contributed by atoms with Crippen molar-refractivity contribution in [1.29, 1.82) is 0 Å². The fourth-order valence-corrected chi connectivity index (χ4v) is 3.33. The third-order valence-electron chi connectivity index (χ3n) is 4.44. The van der Waals surface area contributed by atoms with Crippen LogP contribution in [-0.4, -0.2) is 60.7 Å². The Morgan fingerprint density at radius 3 is 2.91 bits per heavy atom. The third-order valence-corrected chi connectivity index (χ3v) is 4.68. The predicted molar refractivity (Wildman–Crippen MR) is 91.2 cm³/mol. The van der Waals surface area contributed by atoms with Crippen LogP contribution in [0.2, 0.25) is 5.02 Å². The molecule has 128 valence electrons. The molecule has 0 bridgehead atoms. The summed E-state index contributed by atoms with van der Waals surface area (Å²) in [6, 6.07) is 6.09. The van der Waals surface area contributed by atoms with Crippen LogP contribution in [0.5, 0.6) is 5.75 Å². The van der Waals surface area contributed by atoms with Gasteiger partial charge in [0.1, 0.15) is 5.75 Å². The summed E-state index contributed by atoms with van der Waals surface area (Å²) >= 11 is 6.01. The van der Waals surface area contributed by atoms with Crippen LogP contribution in [0.1, 0.15) is 24.8 Å². The van der Waals surface area contributed by atoms with E-state index in [1.165, 1.54) is 0 Å². The van der Waals surface area contributed by atoms with Gasteiger partial charge in [-0.15, -0.1) is 0 Å². The number of rotatable bonds is 6. The quantitative estimate of drug-likeness (QED) is 0.863. The van der Waals surface area contributed by atoms with Crippen molar-refractivity contribution in [2.75, 3.05) is 33.8 Å². The fourth-order valence-electron chi connectivity index (χ4n) is 3.17. The van der Waals surface area contributed by atoms with E-state index < -0.39 is 5.97 Å². The summed E-state index contributed by atoms with van der Waals surface area (Å²) in [4.78, 5) is 15.2. The summed E-state index contributed by atoms with van der Waals surface area (Å²) in [5, 5.41) is 9.61. The van der Waals surface area contributed by atoms with Gasteiger partial charge in [-0.25, -0.2) is 0 Å². The van der Waals surface area contributed by atoms with Gasteiger partial charge in [-0.05, 0) is 51.5 Å². The van der Waals surface area contributed by atoms with E-state index in [9.17, 15) is 4.79 Å². The first kappa shape index (κ1) is 18.0. The Morgan fingerprint density at radius 2 is 2.22 bits per heavy atom. The van der Waals surface area contributed by atoms with Crippen LogP contribution in [0.3, 0.4) is 0 Å². The maximum absolute atomic E-state index is 10.9.